The predicted octanol–water partition coefficient (Wildman–Crippen LogP) is 3.84. The molecule has 2 nitrogen and oxygen atoms in total. The molecular formula is C16H19NO. The number of hydrogen-bond donors (Lipinski definition) is 1. The lowest BCUT2D eigenvalue weighted by Crippen LogP contribution is -2.10. The second-order valence-electron chi connectivity index (χ2n) is 4.50. The maximum absolute atomic E-state index is 5.44. The Bertz CT molecular complexity index is 533. The molecule has 1 N–H and O–H groups in total. The van der Waals surface area contributed by atoms with Crippen molar-refractivity contribution in [3.63, 3.8) is 0 Å². The van der Waals surface area contributed by atoms with Gasteiger partial charge >= 0.3 is 0 Å². The van der Waals surface area contributed by atoms with E-state index in [9.17, 15) is 0 Å². The zero-order valence-electron chi connectivity index (χ0n) is 10.8. The predicted molar refractivity (Wildman–Crippen MR) is 78.1 cm³/mol. The average molecular weight is 241 g/mol. The van der Waals surface area contributed by atoms with Crippen LogP contribution < -0.4 is 5.32 Å². The fraction of sp³-hybridized carbons (Fsp3) is 0.250. The van der Waals surface area contributed by atoms with Gasteiger partial charge in [0.25, 0.3) is 0 Å². The highest BCUT2D eigenvalue weighted by molar-refractivity contribution is 5.85. The van der Waals surface area contributed by atoms with E-state index in [2.05, 4.69) is 54.4 Å². The van der Waals surface area contributed by atoms with Crippen molar-refractivity contribution in [3.8, 4) is 0 Å². The normalized spacial score (nSPS) is 10.5. The largest absolute Gasteiger partial charge is 0.383 e. The van der Waals surface area contributed by atoms with Crippen LogP contribution in [0, 0.1) is 0 Å². The van der Waals surface area contributed by atoms with Crippen LogP contribution in [0.1, 0.15) is 6.92 Å². The van der Waals surface area contributed by atoms with Crippen LogP contribution in [-0.2, 0) is 4.74 Å². The monoisotopic (exact) mass is 241 g/mol. The van der Waals surface area contributed by atoms with Crippen molar-refractivity contribution in [2.24, 2.45) is 0 Å². The number of benzene rings is 2. The minimum atomic E-state index is 0.638. The van der Waals surface area contributed by atoms with Crippen molar-refractivity contribution in [3.05, 3.63) is 54.6 Å². The number of anilines is 1. The highest BCUT2D eigenvalue weighted by Gasteiger charge is 1.95. The van der Waals surface area contributed by atoms with Gasteiger partial charge in [-0.15, -0.1) is 0 Å². The van der Waals surface area contributed by atoms with Crippen molar-refractivity contribution >= 4 is 16.5 Å². The smallest absolute Gasteiger partial charge is 0.0672 e. The number of hydrogen-bond acceptors (Lipinski definition) is 2. The van der Waals surface area contributed by atoms with Gasteiger partial charge < -0.3 is 10.1 Å². The van der Waals surface area contributed by atoms with Crippen molar-refractivity contribution in [1.29, 1.82) is 0 Å². The Labute approximate surface area is 108 Å². The first-order chi connectivity index (χ1) is 8.75. The molecule has 0 amide bonds. The molecule has 0 aromatic heterocycles. The lowest BCUT2D eigenvalue weighted by molar-refractivity contribution is 0.167. The SMILES string of the molecule is C=C(C)COCCNc1ccc2ccccc2c1. The van der Waals surface area contributed by atoms with Crippen molar-refractivity contribution in [1.82, 2.24) is 0 Å². The first-order valence-corrected chi connectivity index (χ1v) is 6.20. The first-order valence-electron chi connectivity index (χ1n) is 6.20. The molecular weight excluding hydrogens is 222 g/mol. The van der Waals surface area contributed by atoms with E-state index in [0.717, 1.165) is 17.8 Å². The molecule has 0 aliphatic heterocycles. The average Bonchev–Trinajstić information content (AvgIpc) is 2.38. The molecule has 0 radical (unpaired) electrons. The Morgan fingerprint density at radius 2 is 1.94 bits per heavy atom. The van der Waals surface area contributed by atoms with Crippen molar-refractivity contribution in [2.75, 3.05) is 25.1 Å². The molecule has 0 aliphatic carbocycles. The summed E-state index contributed by atoms with van der Waals surface area (Å²) in [7, 11) is 0. The van der Waals surface area contributed by atoms with E-state index in [-0.39, 0.29) is 0 Å². The van der Waals surface area contributed by atoms with Crippen molar-refractivity contribution < 1.29 is 4.74 Å². The van der Waals surface area contributed by atoms with E-state index in [1.54, 1.807) is 0 Å². The summed E-state index contributed by atoms with van der Waals surface area (Å²) in [6.45, 7) is 7.91. The molecule has 0 fully saturated rings. The number of nitrogens with one attached hydrogen (secondary N) is 1. The van der Waals surface area contributed by atoms with Gasteiger partial charge in [-0.1, -0.05) is 42.5 Å². The van der Waals surface area contributed by atoms with Crippen LogP contribution in [0.5, 0.6) is 0 Å². The van der Waals surface area contributed by atoms with Crippen LogP contribution in [-0.4, -0.2) is 19.8 Å². The van der Waals surface area contributed by atoms with Crippen LogP contribution in [0.2, 0.25) is 0 Å². The molecule has 0 saturated carbocycles. The fourth-order valence-corrected chi connectivity index (χ4v) is 1.81. The third-order valence-corrected chi connectivity index (χ3v) is 2.67. The summed E-state index contributed by atoms with van der Waals surface area (Å²) in [6.07, 6.45) is 0. The molecule has 2 aromatic carbocycles. The number of fused-ring (bicyclic) bond motifs is 1. The lowest BCUT2D eigenvalue weighted by Gasteiger charge is -2.08. The molecule has 2 aromatic rings. The van der Waals surface area contributed by atoms with Crippen LogP contribution >= 0.6 is 0 Å². The Kier molecular flexibility index (Phi) is 4.37. The molecule has 94 valence electrons. The third kappa shape index (κ3) is 3.60. The van der Waals surface area contributed by atoms with Gasteiger partial charge in [-0.2, -0.15) is 0 Å². The highest BCUT2D eigenvalue weighted by atomic mass is 16.5. The molecule has 0 unspecified atom stereocenters. The van der Waals surface area contributed by atoms with Gasteiger partial charge in [-0.25, -0.2) is 0 Å². The van der Waals surface area contributed by atoms with Gasteiger partial charge in [-0.05, 0) is 29.8 Å². The molecule has 2 rings (SSSR count). The van der Waals surface area contributed by atoms with Crippen LogP contribution in [0.25, 0.3) is 10.8 Å². The van der Waals surface area contributed by atoms with Gasteiger partial charge in [0.2, 0.25) is 0 Å². The van der Waals surface area contributed by atoms with Gasteiger partial charge in [0, 0.05) is 12.2 Å². The molecule has 0 saturated heterocycles. The zero-order valence-corrected chi connectivity index (χ0v) is 10.8. The van der Waals surface area contributed by atoms with Gasteiger partial charge in [0.15, 0.2) is 0 Å². The Morgan fingerprint density at radius 3 is 2.72 bits per heavy atom. The number of ether oxygens (including phenoxy) is 1. The van der Waals surface area contributed by atoms with Crippen LogP contribution in [0.4, 0.5) is 5.69 Å². The molecule has 18 heavy (non-hydrogen) atoms. The molecule has 0 spiro atoms. The standard InChI is InChI=1S/C16H19NO/c1-13(2)12-18-10-9-17-16-8-7-14-5-3-4-6-15(14)11-16/h3-8,11,17H,1,9-10,12H2,2H3. The maximum Gasteiger partial charge on any atom is 0.0672 e. The van der Waals surface area contributed by atoms with Crippen LogP contribution in [0.15, 0.2) is 54.6 Å². The number of rotatable bonds is 6. The molecule has 0 aliphatic rings. The summed E-state index contributed by atoms with van der Waals surface area (Å²) >= 11 is 0. The summed E-state index contributed by atoms with van der Waals surface area (Å²) in [5.41, 5.74) is 2.19. The summed E-state index contributed by atoms with van der Waals surface area (Å²) in [4.78, 5) is 0. The fourth-order valence-electron chi connectivity index (χ4n) is 1.81. The Morgan fingerprint density at radius 1 is 1.17 bits per heavy atom. The summed E-state index contributed by atoms with van der Waals surface area (Å²) in [5.74, 6) is 0. The van der Waals surface area contributed by atoms with Crippen LogP contribution in [0.3, 0.4) is 0 Å². The third-order valence-electron chi connectivity index (χ3n) is 2.67. The minimum Gasteiger partial charge on any atom is -0.383 e. The zero-order chi connectivity index (χ0) is 12.8. The molecule has 2 heteroatoms. The van der Waals surface area contributed by atoms with Crippen molar-refractivity contribution in [2.45, 2.75) is 6.92 Å². The van der Waals surface area contributed by atoms with Gasteiger partial charge in [-0.3, -0.25) is 0 Å². The second kappa shape index (κ2) is 6.22. The topological polar surface area (TPSA) is 21.3 Å². The summed E-state index contributed by atoms with van der Waals surface area (Å²) < 4.78 is 5.44. The Balaban J connectivity index is 1.86. The van der Waals surface area contributed by atoms with E-state index in [1.165, 1.54) is 10.8 Å². The summed E-state index contributed by atoms with van der Waals surface area (Å²) in [6, 6.07) is 14.7. The van der Waals surface area contributed by atoms with Gasteiger partial charge in [0.05, 0.1) is 13.2 Å². The summed E-state index contributed by atoms with van der Waals surface area (Å²) in [5, 5.41) is 5.88. The second-order valence-corrected chi connectivity index (χ2v) is 4.50. The van der Waals surface area contributed by atoms with E-state index in [4.69, 9.17) is 4.74 Å². The maximum atomic E-state index is 5.44. The van der Waals surface area contributed by atoms with E-state index in [0.29, 0.717) is 13.2 Å². The highest BCUT2D eigenvalue weighted by Crippen LogP contribution is 2.18. The lowest BCUT2D eigenvalue weighted by atomic mass is 10.1. The molecule has 0 heterocycles. The molecule has 0 bridgehead atoms. The van der Waals surface area contributed by atoms with E-state index in [1.807, 2.05) is 6.92 Å². The first kappa shape index (κ1) is 12.7. The quantitative estimate of drug-likeness (QED) is 0.612. The minimum absolute atomic E-state index is 0.638. The Hall–Kier alpha value is -1.80. The van der Waals surface area contributed by atoms with E-state index < -0.39 is 0 Å². The van der Waals surface area contributed by atoms with E-state index >= 15 is 0 Å². The van der Waals surface area contributed by atoms with Gasteiger partial charge in [0.1, 0.15) is 0 Å². The molecule has 0 atom stereocenters.